The molecule has 0 saturated heterocycles. The smallest absolute Gasteiger partial charge is 0.231 e. The van der Waals surface area contributed by atoms with Crippen molar-refractivity contribution in [2.75, 3.05) is 12.1 Å². The number of benzene rings is 2. The van der Waals surface area contributed by atoms with Crippen molar-refractivity contribution in [2.24, 2.45) is 7.05 Å². The average Bonchev–Trinajstić information content (AvgIpc) is 3.10. The molecule has 5 heteroatoms. The van der Waals surface area contributed by atoms with Crippen LogP contribution in [0.1, 0.15) is 5.69 Å². The third kappa shape index (κ3) is 2.07. The fourth-order valence-corrected chi connectivity index (χ4v) is 2.61. The summed E-state index contributed by atoms with van der Waals surface area (Å²) in [5.74, 6) is 1.58. The Balaban J connectivity index is 1.58. The molecule has 0 unspecified atom stereocenters. The number of fused-ring (bicyclic) bond motifs is 2. The van der Waals surface area contributed by atoms with Gasteiger partial charge in [-0.2, -0.15) is 5.10 Å². The fraction of sp³-hybridized carbons (Fsp3) is 0.188. The summed E-state index contributed by atoms with van der Waals surface area (Å²) in [6, 6.07) is 14.1. The maximum absolute atomic E-state index is 5.38. The highest BCUT2D eigenvalue weighted by Gasteiger charge is 2.13. The number of hydrogen-bond acceptors (Lipinski definition) is 4. The summed E-state index contributed by atoms with van der Waals surface area (Å²) in [5.41, 5.74) is 3.17. The molecule has 0 fully saturated rings. The van der Waals surface area contributed by atoms with E-state index in [4.69, 9.17) is 9.47 Å². The highest BCUT2D eigenvalue weighted by molar-refractivity contribution is 5.82. The van der Waals surface area contributed by atoms with Crippen LogP contribution in [-0.2, 0) is 13.6 Å². The van der Waals surface area contributed by atoms with E-state index in [9.17, 15) is 0 Å². The number of aromatic nitrogens is 2. The molecule has 0 saturated carbocycles. The van der Waals surface area contributed by atoms with E-state index in [1.165, 1.54) is 5.39 Å². The molecule has 2 heterocycles. The minimum Gasteiger partial charge on any atom is -0.454 e. The zero-order chi connectivity index (χ0) is 14.2. The predicted octanol–water partition coefficient (Wildman–Crippen LogP) is 2.91. The van der Waals surface area contributed by atoms with Crippen LogP contribution in [0.5, 0.6) is 11.5 Å². The summed E-state index contributed by atoms with van der Waals surface area (Å²) in [4.78, 5) is 0. The lowest BCUT2D eigenvalue weighted by Gasteiger charge is -2.05. The predicted molar refractivity (Wildman–Crippen MR) is 80.6 cm³/mol. The molecule has 0 spiro atoms. The van der Waals surface area contributed by atoms with Crippen molar-refractivity contribution in [3.8, 4) is 11.5 Å². The van der Waals surface area contributed by atoms with Gasteiger partial charge < -0.3 is 14.8 Å². The first-order valence-corrected chi connectivity index (χ1v) is 6.85. The Morgan fingerprint density at radius 2 is 2.00 bits per heavy atom. The van der Waals surface area contributed by atoms with E-state index >= 15 is 0 Å². The van der Waals surface area contributed by atoms with Crippen molar-refractivity contribution in [2.45, 2.75) is 6.54 Å². The van der Waals surface area contributed by atoms with Crippen LogP contribution in [-0.4, -0.2) is 16.6 Å². The van der Waals surface area contributed by atoms with Crippen molar-refractivity contribution in [3.05, 3.63) is 48.2 Å². The summed E-state index contributed by atoms with van der Waals surface area (Å²) in [6.45, 7) is 0.963. The maximum atomic E-state index is 5.38. The number of ether oxygens (including phenoxy) is 2. The van der Waals surface area contributed by atoms with Crippen LogP contribution in [0.4, 0.5) is 5.69 Å². The van der Waals surface area contributed by atoms with Crippen molar-refractivity contribution < 1.29 is 9.47 Å². The molecule has 0 atom stereocenters. The fourth-order valence-electron chi connectivity index (χ4n) is 2.61. The summed E-state index contributed by atoms with van der Waals surface area (Å²) < 4.78 is 12.6. The van der Waals surface area contributed by atoms with Gasteiger partial charge in [-0.15, -0.1) is 0 Å². The number of nitrogens with one attached hydrogen (secondary N) is 1. The van der Waals surface area contributed by atoms with Crippen LogP contribution in [0.25, 0.3) is 10.9 Å². The lowest BCUT2D eigenvalue weighted by Crippen LogP contribution is -2.01. The number of hydrogen-bond donors (Lipinski definition) is 1. The van der Waals surface area contributed by atoms with Crippen molar-refractivity contribution in [3.63, 3.8) is 0 Å². The van der Waals surface area contributed by atoms with Crippen molar-refractivity contribution >= 4 is 16.6 Å². The molecule has 1 N–H and O–H groups in total. The number of anilines is 1. The normalized spacial score (nSPS) is 12.8. The second-order valence-corrected chi connectivity index (χ2v) is 5.01. The molecular formula is C16H15N3O2. The standard InChI is InChI=1S/C16H15N3O2/c1-19-14-5-3-2-4-12(14)13(18-19)9-17-11-6-7-15-16(8-11)21-10-20-15/h2-8,17H,9-10H2,1H3. The van der Waals surface area contributed by atoms with E-state index in [0.717, 1.165) is 28.4 Å². The zero-order valence-corrected chi connectivity index (χ0v) is 11.7. The van der Waals surface area contributed by atoms with Crippen molar-refractivity contribution in [1.29, 1.82) is 0 Å². The van der Waals surface area contributed by atoms with Crippen molar-refractivity contribution in [1.82, 2.24) is 9.78 Å². The highest BCUT2D eigenvalue weighted by Crippen LogP contribution is 2.34. The molecule has 21 heavy (non-hydrogen) atoms. The third-order valence-electron chi connectivity index (χ3n) is 3.67. The topological polar surface area (TPSA) is 48.3 Å². The molecular weight excluding hydrogens is 266 g/mol. The summed E-state index contributed by atoms with van der Waals surface area (Å²) in [7, 11) is 1.96. The van der Waals surface area contributed by atoms with E-state index in [0.29, 0.717) is 13.3 Å². The van der Waals surface area contributed by atoms with Crippen LogP contribution in [0.15, 0.2) is 42.5 Å². The summed E-state index contributed by atoms with van der Waals surface area (Å²) in [6.07, 6.45) is 0. The van der Waals surface area contributed by atoms with Crippen LogP contribution in [0.2, 0.25) is 0 Å². The minimum atomic E-state index is 0.295. The maximum Gasteiger partial charge on any atom is 0.231 e. The van der Waals surface area contributed by atoms with E-state index in [-0.39, 0.29) is 0 Å². The molecule has 2 aromatic carbocycles. The van der Waals surface area contributed by atoms with E-state index in [1.807, 2.05) is 42.1 Å². The average molecular weight is 281 g/mol. The highest BCUT2D eigenvalue weighted by atomic mass is 16.7. The Morgan fingerprint density at radius 3 is 2.95 bits per heavy atom. The molecule has 3 aromatic rings. The molecule has 0 amide bonds. The lowest BCUT2D eigenvalue weighted by molar-refractivity contribution is 0.174. The van der Waals surface area contributed by atoms with Gasteiger partial charge in [-0.1, -0.05) is 18.2 Å². The molecule has 1 aromatic heterocycles. The Kier molecular flexibility index (Phi) is 2.70. The van der Waals surface area contributed by atoms with Gasteiger partial charge >= 0.3 is 0 Å². The van der Waals surface area contributed by atoms with Crippen LogP contribution in [0, 0.1) is 0 Å². The Morgan fingerprint density at radius 1 is 1.14 bits per heavy atom. The molecule has 106 valence electrons. The molecule has 1 aliphatic rings. The minimum absolute atomic E-state index is 0.295. The number of para-hydroxylation sites is 1. The number of nitrogens with zero attached hydrogens (tertiary/aromatic N) is 2. The van der Waals surface area contributed by atoms with Gasteiger partial charge in [0.1, 0.15) is 0 Å². The van der Waals surface area contributed by atoms with Gasteiger partial charge in [-0.05, 0) is 18.2 Å². The van der Waals surface area contributed by atoms with Gasteiger partial charge in [0.2, 0.25) is 6.79 Å². The molecule has 0 radical (unpaired) electrons. The number of rotatable bonds is 3. The molecule has 5 nitrogen and oxygen atoms in total. The monoisotopic (exact) mass is 281 g/mol. The molecule has 4 rings (SSSR count). The summed E-state index contributed by atoms with van der Waals surface area (Å²) >= 11 is 0. The molecule has 0 aliphatic carbocycles. The zero-order valence-electron chi connectivity index (χ0n) is 11.7. The van der Waals surface area contributed by atoms with Gasteiger partial charge in [-0.3, -0.25) is 4.68 Å². The molecule has 1 aliphatic heterocycles. The van der Waals surface area contributed by atoms with Crippen LogP contribution in [0.3, 0.4) is 0 Å². The van der Waals surface area contributed by atoms with Gasteiger partial charge in [-0.25, -0.2) is 0 Å². The Hall–Kier alpha value is -2.69. The number of aryl methyl sites for hydroxylation is 1. The summed E-state index contributed by atoms with van der Waals surface area (Å²) in [5, 5.41) is 9.13. The molecule has 0 bridgehead atoms. The second kappa shape index (κ2) is 4.70. The largest absolute Gasteiger partial charge is 0.454 e. The van der Waals surface area contributed by atoms with E-state index in [2.05, 4.69) is 22.5 Å². The van der Waals surface area contributed by atoms with Gasteiger partial charge in [0.05, 0.1) is 17.8 Å². The Bertz CT molecular complexity index is 810. The lowest BCUT2D eigenvalue weighted by atomic mass is 10.2. The van der Waals surface area contributed by atoms with Crippen LogP contribution < -0.4 is 14.8 Å². The van der Waals surface area contributed by atoms with Crippen LogP contribution >= 0.6 is 0 Å². The first kappa shape index (κ1) is 12.1. The van der Waals surface area contributed by atoms with E-state index in [1.54, 1.807) is 0 Å². The second-order valence-electron chi connectivity index (χ2n) is 5.01. The first-order chi connectivity index (χ1) is 10.3. The SMILES string of the molecule is Cn1nc(CNc2ccc3c(c2)OCO3)c2ccccc21. The Labute approximate surface area is 122 Å². The first-order valence-electron chi connectivity index (χ1n) is 6.85. The van der Waals surface area contributed by atoms with Gasteiger partial charge in [0.25, 0.3) is 0 Å². The van der Waals surface area contributed by atoms with Gasteiger partial charge in [0.15, 0.2) is 11.5 Å². The van der Waals surface area contributed by atoms with E-state index < -0.39 is 0 Å². The quantitative estimate of drug-likeness (QED) is 0.802. The third-order valence-corrected chi connectivity index (χ3v) is 3.67. The van der Waals surface area contributed by atoms with Gasteiger partial charge in [0, 0.05) is 24.2 Å².